The summed E-state index contributed by atoms with van der Waals surface area (Å²) >= 11 is 0. The highest BCUT2D eigenvalue weighted by Gasteiger charge is 2.52. The SMILES string of the molecule is CC1(C)OB(c2ccc(-c3ccc4c5ccc(B6OC(C)(C)C(C)(C)O6)cc5c5ccccc5c4c3)cc2)OC1(C)C. The van der Waals surface area contributed by atoms with Crippen LogP contribution in [0.3, 0.4) is 0 Å². The van der Waals surface area contributed by atoms with Gasteiger partial charge in [-0.15, -0.1) is 0 Å². The number of rotatable bonds is 3. The molecular formula is C36H38B2O4. The van der Waals surface area contributed by atoms with Gasteiger partial charge in [-0.2, -0.15) is 0 Å². The fourth-order valence-electron chi connectivity index (χ4n) is 6.09. The predicted molar refractivity (Wildman–Crippen MR) is 176 cm³/mol. The molecular weight excluding hydrogens is 518 g/mol. The zero-order valence-electron chi connectivity index (χ0n) is 25.9. The monoisotopic (exact) mass is 556 g/mol. The van der Waals surface area contributed by atoms with E-state index in [4.69, 9.17) is 18.6 Å². The van der Waals surface area contributed by atoms with E-state index in [-0.39, 0.29) is 29.5 Å². The van der Waals surface area contributed by atoms with Gasteiger partial charge in [0.25, 0.3) is 0 Å². The van der Waals surface area contributed by atoms with Crippen LogP contribution in [0.1, 0.15) is 55.4 Å². The lowest BCUT2D eigenvalue weighted by Crippen LogP contribution is -2.41. The molecule has 0 radical (unpaired) electrons. The largest absolute Gasteiger partial charge is 0.494 e. The number of hydrogen-bond acceptors (Lipinski definition) is 4. The summed E-state index contributed by atoms with van der Waals surface area (Å²) in [7, 11) is -0.755. The summed E-state index contributed by atoms with van der Waals surface area (Å²) in [6.07, 6.45) is 0. The average Bonchev–Trinajstić information content (AvgIpc) is 3.32. The molecule has 4 nitrogen and oxygen atoms in total. The van der Waals surface area contributed by atoms with E-state index in [2.05, 4.69) is 140 Å². The second-order valence-electron chi connectivity index (χ2n) is 13.9. The lowest BCUT2D eigenvalue weighted by Gasteiger charge is -2.32. The van der Waals surface area contributed by atoms with Gasteiger partial charge in [0.2, 0.25) is 0 Å². The summed E-state index contributed by atoms with van der Waals surface area (Å²) in [6, 6.07) is 30.7. The van der Waals surface area contributed by atoms with Gasteiger partial charge < -0.3 is 18.6 Å². The van der Waals surface area contributed by atoms with E-state index in [1.54, 1.807) is 0 Å². The normalized spacial score (nSPS) is 20.7. The van der Waals surface area contributed by atoms with Crippen molar-refractivity contribution < 1.29 is 18.6 Å². The Balaban J connectivity index is 1.29. The number of hydrogen-bond donors (Lipinski definition) is 0. The molecule has 2 aliphatic rings. The van der Waals surface area contributed by atoms with Gasteiger partial charge in [-0.3, -0.25) is 0 Å². The zero-order valence-corrected chi connectivity index (χ0v) is 25.9. The first-order chi connectivity index (χ1) is 19.8. The van der Waals surface area contributed by atoms with Gasteiger partial charge in [0, 0.05) is 0 Å². The van der Waals surface area contributed by atoms with Crippen molar-refractivity contribution in [2.24, 2.45) is 0 Å². The lowest BCUT2D eigenvalue weighted by atomic mass is 9.77. The van der Waals surface area contributed by atoms with E-state index < -0.39 is 7.12 Å². The van der Waals surface area contributed by atoms with E-state index in [9.17, 15) is 0 Å². The van der Waals surface area contributed by atoms with Crippen LogP contribution >= 0.6 is 0 Å². The zero-order chi connectivity index (χ0) is 29.7. The fraction of sp³-hybridized carbons (Fsp3) is 0.333. The lowest BCUT2D eigenvalue weighted by molar-refractivity contribution is 0.00578. The molecule has 0 amide bonds. The van der Waals surface area contributed by atoms with Gasteiger partial charge in [0.1, 0.15) is 0 Å². The molecule has 0 atom stereocenters. The quantitative estimate of drug-likeness (QED) is 0.171. The minimum atomic E-state index is -0.392. The van der Waals surface area contributed by atoms with E-state index in [0.717, 1.165) is 16.5 Å². The first-order valence-electron chi connectivity index (χ1n) is 15.0. The van der Waals surface area contributed by atoms with Crippen LogP contribution in [0.4, 0.5) is 0 Å². The third kappa shape index (κ3) is 4.23. The summed E-state index contributed by atoms with van der Waals surface area (Å²) in [5, 5.41) is 7.39. The van der Waals surface area contributed by atoms with Gasteiger partial charge in [0.15, 0.2) is 0 Å². The summed E-state index contributed by atoms with van der Waals surface area (Å²) < 4.78 is 25.3. The van der Waals surface area contributed by atoms with Crippen molar-refractivity contribution in [3.05, 3.63) is 84.9 Å². The highest BCUT2D eigenvalue weighted by molar-refractivity contribution is 6.63. The number of benzene rings is 5. The Morgan fingerprint density at radius 1 is 0.381 bits per heavy atom. The standard InChI is InChI=1S/C36H38B2O4/c1-33(2)34(3,4)40-37(39-33)25-16-13-23(14-17-25)24-15-19-29-30-20-18-26(38-41-35(5,6)36(7,8)42-38)22-32(30)28-12-10-9-11-27(28)31(29)21-24/h9-22H,1-8H3. The van der Waals surface area contributed by atoms with Crippen molar-refractivity contribution in [1.29, 1.82) is 0 Å². The van der Waals surface area contributed by atoms with Gasteiger partial charge in [-0.05, 0) is 116 Å². The molecule has 0 spiro atoms. The molecule has 212 valence electrons. The van der Waals surface area contributed by atoms with E-state index in [1.165, 1.54) is 37.9 Å². The smallest absolute Gasteiger partial charge is 0.399 e. The van der Waals surface area contributed by atoms with E-state index in [1.807, 2.05) is 0 Å². The molecule has 0 aliphatic carbocycles. The topological polar surface area (TPSA) is 36.9 Å². The second-order valence-corrected chi connectivity index (χ2v) is 13.9. The van der Waals surface area contributed by atoms with Crippen molar-refractivity contribution in [2.45, 2.75) is 77.8 Å². The molecule has 6 heteroatoms. The molecule has 5 aromatic rings. The van der Waals surface area contributed by atoms with Crippen LogP contribution in [0.5, 0.6) is 0 Å². The van der Waals surface area contributed by atoms with Crippen LogP contribution in [-0.4, -0.2) is 36.6 Å². The van der Waals surface area contributed by atoms with Crippen LogP contribution in [0, 0.1) is 0 Å². The van der Waals surface area contributed by atoms with Crippen LogP contribution in [-0.2, 0) is 18.6 Å². The van der Waals surface area contributed by atoms with E-state index >= 15 is 0 Å². The fourth-order valence-corrected chi connectivity index (χ4v) is 6.09. The molecule has 0 aromatic heterocycles. The van der Waals surface area contributed by atoms with Crippen molar-refractivity contribution in [3.8, 4) is 11.1 Å². The maximum atomic E-state index is 6.39. The molecule has 2 fully saturated rings. The van der Waals surface area contributed by atoms with Gasteiger partial charge in [-0.1, -0.05) is 78.9 Å². The predicted octanol–water partition coefficient (Wildman–Crippen LogP) is 7.41. The molecule has 5 aromatic carbocycles. The molecule has 0 N–H and O–H groups in total. The van der Waals surface area contributed by atoms with E-state index in [0.29, 0.717) is 0 Å². The van der Waals surface area contributed by atoms with Gasteiger partial charge >= 0.3 is 14.2 Å². The van der Waals surface area contributed by atoms with Gasteiger partial charge in [0.05, 0.1) is 22.4 Å². The summed E-state index contributed by atoms with van der Waals surface area (Å²) in [4.78, 5) is 0. The van der Waals surface area contributed by atoms with Crippen LogP contribution in [0.25, 0.3) is 43.4 Å². The minimum Gasteiger partial charge on any atom is -0.399 e. The van der Waals surface area contributed by atoms with Crippen LogP contribution < -0.4 is 10.9 Å². The summed E-state index contributed by atoms with van der Waals surface area (Å²) in [6.45, 7) is 16.7. The Hall–Kier alpha value is -3.15. The van der Waals surface area contributed by atoms with Crippen molar-refractivity contribution in [2.75, 3.05) is 0 Å². The first-order valence-corrected chi connectivity index (χ1v) is 15.0. The first kappa shape index (κ1) is 27.7. The molecule has 2 aliphatic heterocycles. The van der Waals surface area contributed by atoms with Crippen LogP contribution in [0.2, 0.25) is 0 Å². The highest BCUT2D eigenvalue weighted by atomic mass is 16.7. The third-order valence-corrected chi connectivity index (χ3v) is 10.2. The Kier molecular flexibility index (Phi) is 6.04. The Morgan fingerprint density at radius 3 is 1.29 bits per heavy atom. The molecule has 7 rings (SSSR count). The van der Waals surface area contributed by atoms with Crippen LogP contribution in [0.15, 0.2) is 84.9 Å². The summed E-state index contributed by atoms with van der Waals surface area (Å²) in [5.41, 5.74) is 2.96. The Bertz CT molecular complexity index is 1800. The van der Waals surface area contributed by atoms with Gasteiger partial charge in [-0.25, -0.2) is 0 Å². The molecule has 42 heavy (non-hydrogen) atoms. The van der Waals surface area contributed by atoms with Crippen molar-refractivity contribution in [3.63, 3.8) is 0 Å². The molecule has 0 bridgehead atoms. The molecule has 2 heterocycles. The Labute approximate surface area is 249 Å². The van der Waals surface area contributed by atoms with Crippen molar-refractivity contribution >= 4 is 57.5 Å². The van der Waals surface area contributed by atoms with Crippen molar-refractivity contribution in [1.82, 2.24) is 0 Å². The molecule has 0 saturated carbocycles. The summed E-state index contributed by atoms with van der Waals surface area (Å²) in [5.74, 6) is 0. The number of fused-ring (bicyclic) bond motifs is 6. The average molecular weight is 556 g/mol. The maximum absolute atomic E-state index is 6.39. The Morgan fingerprint density at radius 2 is 0.762 bits per heavy atom. The maximum Gasteiger partial charge on any atom is 0.494 e. The third-order valence-electron chi connectivity index (χ3n) is 10.2. The molecule has 2 saturated heterocycles. The second kappa shape index (κ2) is 9.17. The molecule has 0 unspecified atom stereocenters. The minimum absolute atomic E-state index is 0.358. The highest BCUT2D eigenvalue weighted by Crippen LogP contribution is 2.40.